The number of benzene rings is 2. The van der Waals surface area contributed by atoms with Crippen LogP contribution in [0.15, 0.2) is 72.3 Å². The van der Waals surface area contributed by atoms with E-state index in [9.17, 15) is 13.2 Å². The second-order valence-corrected chi connectivity index (χ2v) is 6.22. The van der Waals surface area contributed by atoms with Gasteiger partial charge < -0.3 is 4.74 Å². The van der Waals surface area contributed by atoms with Crippen molar-refractivity contribution in [3.8, 4) is 0 Å². The van der Waals surface area contributed by atoms with Crippen LogP contribution in [0.3, 0.4) is 0 Å². The molecule has 0 aliphatic carbocycles. The van der Waals surface area contributed by atoms with E-state index >= 15 is 0 Å². The Morgan fingerprint density at radius 1 is 1.04 bits per heavy atom. The molecule has 0 bridgehead atoms. The molecule has 132 valence electrons. The minimum atomic E-state index is -4.31. The predicted molar refractivity (Wildman–Crippen MR) is 91.0 cm³/mol. The van der Waals surface area contributed by atoms with E-state index in [1.54, 1.807) is 11.9 Å². The van der Waals surface area contributed by atoms with Crippen LogP contribution in [0.5, 0.6) is 0 Å². The third-order valence-corrected chi connectivity index (χ3v) is 4.30. The van der Waals surface area contributed by atoms with E-state index in [0.717, 1.165) is 11.1 Å². The number of ether oxygens (including phenoxy) is 1. The van der Waals surface area contributed by atoms with Gasteiger partial charge in [-0.25, -0.2) is 0 Å². The third kappa shape index (κ3) is 4.50. The van der Waals surface area contributed by atoms with Crippen molar-refractivity contribution < 1.29 is 17.9 Å². The summed E-state index contributed by atoms with van der Waals surface area (Å²) in [5.74, 6) is 0. The van der Waals surface area contributed by atoms with E-state index in [1.807, 2.05) is 60.7 Å². The zero-order valence-corrected chi connectivity index (χ0v) is 13.9. The van der Waals surface area contributed by atoms with E-state index in [1.165, 1.54) is 6.08 Å². The second kappa shape index (κ2) is 7.42. The summed E-state index contributed by atoms with van der Waals surface area (Å²) in [4.78, 5) is 1.57. The number of alkyl halides is 3. The lowest BCUT2D eigenvalue weighted by Crippen LogP contribution is -2.31. The van der Waals surface area contributed by atoms with Crippen LogP contribution in [0.25, 0.3) is 0 Å². The third-order valence-electron chi connectivity index (χ3n) is 4.30. The number of hydrogen-bond donors (Lipinski definition) is 0. The maximum Gasteiger partial charge on any atom is 0.413 e. The smallest absolute Gasteiger partial charge is 0.351 e. The largest absolute Gasteiger partial charge is 0.413 e. The molecule has 0 saturated carbocycles. The molecule has 2 atom stereocenters. The highest BCUT2D eigenvalue weighted by atomic mass is 19.4. The van der Waals surface area contributed by atoms with Crippen molar-refractivity contribution in [1.82, 2.24) is 4.90 Å². The Labute approximate surface area is 145 Å². The molecule has 1 heterocycles. The lowest BCUT2D eigenvalue weighted by molar-refractivity contribution is -0.0942. The molecular formula is C20H20F3NO. The van der Waals surface area contributed by atoms with Crippen LogP contribution in [-0.4, -0.2) is 30.9 Å². The lowest BCUT2D eigenvalue weighted by atomic mass is 10.0. The van der Waals surface area contributed by atoms with Crippen LogP contribution < -0.4 is 0 Å². The fraction of sp³-hybridized carbons (Fsp3) is 0.300. The molecule has 0 fully saturated rings. The van der Waals surface area contributed by atoms with Crippen LogP contribution in [0.4, 0.5) is 13.2 Å². The molecule has 2 aromatic rings. The highest BCUT2D eigenvalue weighted by molar-refractivity contribution is 5.24. The van der Waals surface area contributed by atoms with Crippen molar-refractivity contribution in [2.24, 2.45) is 0 Å². The zero-order valence-electron chi connectivity index (χ0n) is 13.9. The first-order valence-corrected chi connectivity index (χ1v) is 8.16. The Balaban J connectivity index is 1.82. The first-order valence-electron chi connectivity index (χ1n) is 8.16. The molecule has 1 aliphatic heterocycles. The monoisotopic (exact) mass is 347 g/mol. The van der Waals surface area contributed by atoms with E-state index in [-0.39, 0.29) is 12.6 Å². The molecule has 0 amide bonds. The first kappa shape index (κ1) is 17.7. The molecule has 0 saturated heterocycles. The van der Waals surface area contributed by atoms with Gasteiger partial charge in [0.05, 0.1) is 6.10 Å². The second-order valence-electron chi connectivity index (χ2n) is 6.22. The summed E-state index contributed by atoms with van der Waals surface area (Å²) in [6.45, 7) is -0.152. The van der Waals surface area contributed by atoms with Crippen LogP contribution in [0, 0.1) is 0 Å². The number of hydrogen-bond acceptors (Lipinski definition) is 2. The standard InChI is InChI=1S/C20H20F3NO/c1-24-14-17(20(21,22)23)13-19(24)25-18(16-10-6-3-7-11-16)12-15-8-4-2-5-9-15/h2-11,13,18-19H,12,14H2,1H3. The Morgan fingerprint density at radius 2 is 1.64 bits per heavy atom. The van der Waals surface area contributed by atoms with Crippen molar-refractivity contribution in [3.63, 3.8) is 0 Å². The van der Waals surface area contributed by atoms with Gasteiger partial charge in [0.15, 0.2) is 0 Å². The summed E-state index contributed by atoms with van der Waals surface area (Å²) < 4.78 is 45.0. The molecule has 2 nitrogen and oxygen atoms in total. The normalized spacial score (nSPS) is 19.7. The van der Waals surface area contributed by atoms with Gasteiger partial charge in [-0.3, -0.25) is 4.90 Å². The fourth-order valence-corrected chi connectivity index (χ4v) is 2.95. The van der Waals surface area contributed by atoms with E-state index in [4.69, 9.17) is 4.74 Å². The minimum Gasteiger partial charge on any atom is -0.351 e. The molecule has 0 aromatic heterocycles. The fourth-order valence-electron chi connectivity index (χ4n) is 2.95. The molecule has 0 N–H and O–H groups in total. The summed E-state index contributed by atoms with van der Waals surface area (Å²) >= 11 is 0. The Hall–Kier alpha value is -2.11. The van der Waals surface area contributed by atoms with Crippen LogP contribution in [-0.2, 0) is 11.2 Å². The van der Waals surface area contributed by atoms with Gasteiger partial charge in [0.2, 0.25) is 0 Å². The van der Waals surface area contributed by atoms with Crippen LogP contribution >= 0.6 is 0 Å². The summed E-state index contributed by atoms with van der Waals surface area (Å²) in [6.07, 6.45) is -3.54. The molecule has 3 rings (SSSR count). The SMILES string of the molecule is CN1CC(C(F)(F)F)=CC1OC(Cc1ccccc1)c1ccccc1. The van der Waals surface area contributed by atoms with Crippen LogP contribution in [0.2, 0.25) is 0 Å². The zero-order chi connectivity index (χ0) is 17.9. The summed E-state index contributed by atoms with van der Waals surface area (Å²) in [5, 5.41) is 0. The molecule has 1 aliphatic rings. The highest BCUT2D eigenvalue weighted by Gasteiger charge is 2.40. The molecule has 25 heavy (non-hydrogen) atoms. The van der Waals surface area contributed by atoms with E-state index in [0.29, 0.717) is 6.42 Å². The Morgan fingerprint density at radius 3 is 2.20 bits per heavy atom. The van der Waals surface area contributed by atoms with E-state index < -0.39 is 18.0 Å². The highest BCUT2D eigenvalue weighted by Crippen LogP contribution is 2.33. The van der Waals surface area contributed by atoms with Gasteiger partial charge in [-0.2, -0.15) is 13.2 Å². The van der Waals surface area contributed by atoms with Crippen LogP contribution in [0.1, 0.15) is 17.2 Å². The average Bonchev–Trinajstić information content (AvgIpc) is 2.97. The number of likely N-dealkylation sites (N-methyl/N-ethyl adjacent to an activating group) is 1. The van der Waals surface area contributed by atoms with Crippen molar-refractivity contribution >= 4 is 0 Å². The van der Waals surface area contributed by atoms with Crippen molar-refractivity contribution in [3.05, 3.63) is 83.4 Å². The summed E-state index contributed by atoms with van der Waals surface area (Å²) in [5.41, 5.74) is 1.48. The van der Waals surface area contributed by atoms with Crippen molar-refractivity contribution in [2.45, 2.75) is 24.9 Å². The average molecular weight is 347 g/mol. The summed E-state index contributed by atoms with van der Waals surface area (Å²) in [7, 11) is 1.64. The van der Waals surface area contributed by atoms with E-state index in [2.05, 4.69) is 0 Å². The molecule has 0 spiro atoms. The van der Waals surface area contributed by atoms with Crippen molar-refractivity contribution in [2.75, 3.05) is 13.6 Å². The molecule has 5 heteroatoms. The molecule has 0 radical (unpaired) electrons. The van der Waals surface area contributed by atoms with Gasteiger partial charge in [0, 0.05) is 18.5 Å². The lowest BCUT2D eigenvalue weighted by Gasteiger charge is -2.26. The first-order chi connectivity index (χ1) is 11.9. The van der Waals surface area contributed by atoms with Gasteiger partial charge in [0.25, 0.3) is 0 Å². The van der Waals surface area contributed by atoms with Gasteiger partial charge in [0.1, 0.15) is 6.23 Å². The van der Waals surface area contributed by atoms with Gasteiger partial charge >= 0.3 is 6.18 Å². The van der Waals surface area contributed by atoms with Gasteiger partial charge in [-0.1, -0.05) is 60.7 Å². The predicted octanol–water partition coefficient (Wildman–Crippen LogP) is 4.75. The summed E-state index contributed by atoms with van der Waals surface area (Å²) in [6, 6.07) is 19.4. The molecular weight excluding hydrogens is 327 g/mol. The minimum absolute atomic E-state index is 0.152. The number of nitrogens with zero attached hydrogens (tertiary/aromatic N) is 1. The topological polar surface area (TPSA) is 12.5 Å². The molecule has 2 aromatic carbocycles. The quantitative estimate of drug-likeness (QED) is 0.724. The molecule has 2 unspecified atom stereocenters. The van der Waals surface area contributed by atoms with Gasteiger partial charge in [-0.05, 0) is 24.3 Å². The number of rotatable bonds is 5. The van der Waals surface area contributed by atoms with Gasteiger partial charge in [-0.15, -0.1) is 0 Å². The maximum absolute atomic E-state index is 13.0. The number of halogens is 3. The maximum atomic E-state index is 13.0. The Bertz CT molecular complexity index is 713. The Kier molecular flexibility index (Phi) is 5.25. The van der Waals surface area contributed by atoms with Crippen molar-refractivity contribution in [1.29, 1.82) is 0 Å².